The van der Waals surface area contributed by atoms with Crippen molar-refractivity contribution in [2.45, 2.75) is 0 Å². The van der Waals surface area contributed by atoms with Crippen molar-refractivity contribution in [1.29, 1.82) is 0 Å². The highest BCUT2D eigenvalue weighted by Crippen LogP contribution is 2.27. The molecule has 0 saturated carbocycles. The summed E-state index contributed by atoms with van der Waals surface area (Å²) in [5.74, 6) is -0.117. The molecule has 3 aromatic rings. The summed E-state index contributed by atoms with van der Waals surface area (Å²) in [6.45, 7) is 0. The van der Waals surface area contributed by atoms with Gasteiger partial charge in [0, 0.05) is 5.56 Å². The minimum absolute atomic E-state index is 0.156. The van der Waals surface area contributed by atoms with Crippen molar-refractivity contribution in [1.82, 2.24) is 10.2 Å². The van der Waals surface area contributed by atoms with Crippen molar-refractivity contribution in [2.24, 2.45) is 0 Å². The van der Waals surface area contributed by atoms with Gasteiger partial charge in [-0.25, -0.2) is 4.79 Å². The van der Waals surface area contributed by atoms with E-state index in [1.54, 1.807) is 24.3 Å². The second-order valence-electron chi connectivity index (χ2n) is 3.90. The number of rotatable bonds is 3. The van der Waals surface area contributed by atoms with Gasteiger partial charge in [0.15, 0.2) is 10.4 Å². The number of aromatic nitrogens is 2. The average Bonchev–Trinajstić information content (AvgIpc) is 3.07. The lowest BCUT2D eigenvalue weighted by Crippen LogP contribution is -1.95. The van der Waals surface area contributed by atoms with E-state index in [9.17, 15) is 4.79 Å². The summed E-state index contributed by atoms with van der Waals surface area (Å²) in [6.07, 6.45) is 0. The Hall–Kier alpha value is -2.41. The van der Waals surface area contributed by atoms with E-state index in [-0.39, 0.29) is 17.3 Å². The van der Waals surface area contributed by atoms with Crippen LogP contribution >= 0.6 is 15.9 Å². The normalized spacial score (nSPS) is 10.7. The van der Waals surface area contributed by atoms with Crippen molar-refractivity contribution in [3.05, 3.63) is 46.6 Å². The third-order valence-corrected chi connectivity index (χ3v) is 2.99. The van der Waals surface area contributed by atoms with Crippen LogP contribution in [0.5, 0.6) is 0 Å². The topological polar surface area (TPSA) is 89.4 Å². The highest BCUT2D eigenvalue weighted by Gasteiger charge is 2.14. The van der Waals surface area contributed by atoms with Gasteiger partial charge in [-0.2, -0.15) is 0 Å². The van der Waals surface area contributed by atoms with E-state index in [2.05, 4.69) is 26.1 Å². The number of hydrogen-bond acceptors (Lipinski definition) is 5. The molecule has 0 amide bonds. The molecule has 0 spiro atoms. The number of furan rings is 1. The minimum atomic E-state index is -1.01. The smallest absolute Gasteiger partial charge is 0.335 e. The van der Waals surface area contributed by atoms with Crippen LogP contribution in [-0.2, 0) is 0 Å². The van der Waals surface area contributed by atoms with Gasteiger partial charge in [-0.15, -0.1) is 10.2 Å². The average molecular weight is 335 g/mol. The fourth-order valence-corrected chi connectivity index (χ4v) is 1.96. The summed E-state index contributed by atoms with van der Waals surface area (Å²) in [4.78, 5) is 10.9. The zero-order chi connectivity index (χ0) is 14.1. The van der Waals surface area contributed by atoms with Gasteiger partial charge in [-0.3, -0.25) is 0 Å². The lowest BCUT2D eigenvalue weighted by atomic mass is 10.1. The van der Waals surface area contributed by atoms with Gasteiger partial charge in [0.1, 0.15) is 0 Å². The van der Waals surface area contributed by atoms with E-state index in [1.807, 2.05) is 0 Å². The molecule has 3 rings (SSSR count). The first-order valence-corrected chi connectivity index (χ1v) is 6.36. The maximum Gasteiger partial charge on any atom is 0.335 e. The molecular formula is C13H7BrN2O4. The van der Waals surface area contributed by atoms with E-state index in [1.165, 1.54) is 12.1 Å². The zero-order valence-electron chi connectivity index (χ0n) is 9.91. The SMILES string of the molecule is O=C(O)c1cccc(-c2nnc(-c3ccc(Br)o3)o2)c1. The first kappa shape index (κ1) is 12.6. The van der Waals surface area contributed by atoms with Gasteiger partial charge in [0.05, 0.1) is 5.56 Å². The molecule has 1 aromatic carbocycles. The fourth-order valence-electron chi connectivity index (χ4n) is 1.65. The molecule has 1 N–H and O–H groups in total. The summed E-state index contributed by atoms with van der Waals surface area (Å²) in [6, 6.07) is 9.68. The number of benzene rings is 1. The summed E-state index contributed by atoms with van der Waals surface area (Å²) in [5.41, 5.74) is 0.692. The quantitative estimate of drug-likeness (QED) is 0.788. The van der Waals surface area contributed by atoms with Gasteiger partial charge >= 0.3 is 5.97 Å². The molecule has 2 aromatic heterocycles. The van der Waals surface area contributed by atoms with Crippen LogP contribution in [0.25, 0.3) is 23.1 Å². The van der Waals surface area contributed by atoms with Gasteiger partial charge in [0.25, 0.3) is 5.89 Å². The number of carbonyl (C=O) groups is 1. The Kier molecular flexibility index (Phi) is 3.11. The summed E-state index contributed by atoms with van der Waals surface area (Å²) in [7, 11) is 0. The zero-order valence-corrected chi connectivity index (χ0v) is 11.5. The van der Waals surface area contributed by atoms with Crippen LogP contribution in [0.2, 0.25) is 0 Å². The monoisotopic (exact) mass is 334 g/mol. The van der Waals surface area contributed by atoms with Crippen molar-refractivity contribution in [2.75, 3.05) is 0 Å². The number of nitrogens with zero attached hydrogens (tertiary/aromatic N) is 2. The largest absolute Gasteiger partial charge is 0.478 e. The van der Waals surface area contributed by atoms with Crippen LogP contribution in [0, 0.1) is 0 Å². The van der Waals surface area contributed by atoms with Crippen molar-refractivity contribution < 1.29 is 18.7 Å². The Morgan fingerprint density at radius 3 is 2.60 bits per heavy atom. The fraction of sp³-hybridized carbons (Fsp3) is 0. The summed E-state index contributed by atoms with van der Waals surface area (Å²) in [5, 5.41) is 16.7. The predicted molar refractivity (Wildman–Crippen MR) is 72.1 cm³/mol. The molecule has 0 fully saturated rings. The van der Waals surface area contributed by atoms with Crippen LogP contribution in [-0.4, -0.2) is 21.3 Å². The van der Waals surface area contributed by atoms with E-state index in [4.69, 9.17) is 13.9 Å². The Morgan fingerprint density at radius 2 is 1.90 bits per heavy atom. The van der Waals surface area contributed by atoms with Crippen LogP contribution in [0.4, 0.5) is 0 Å². The molecule has 7 heteroatoms. The van der Waals surface area contributed by atoms with E-state index in [0.29, 0.717) is 16.0 Å². The lowest BCUT2D eigenvalue weighted by molar-refractivity contribution is 0.0697. The molecule has 100 valence electrons. The molecule has 0 aliphatic rings. The Bertz CT molecular complexity index is 778. The van der Waals surface area contributed by atoms with Crippen molar-refractivity contribution >= 4 is 21.9 Å². The predicted octanol–water partition coefficient (Wildman–Crippen LogP) is 3.46. The number of halogens is 1. The first-order chi connectivity index (χ1) is 9.63. The van der Waals surface area contributed by atoms with Crippen LogP contribution in [0.1, 0.15) is 10.4 Å². The molecule has 20 heavy (non-hydrogen) atoms. The van der Waals surface area contributed by atoms with Crippen LogP contribution in [0.3, 0.4) is 0 Å². The molecule has 0 aliphatic heterocycles. The highest BCUT2D eigenvalue weighted by molar-refractivity contribution is 9.10. The number of hydrogen-bond donors (Lipinski definition) is 1. The van der Waals surface area contributed by atoms with Crippen LogP contribution < -0.4 is 0 Å². The maximum atomic E-state index is 10.9. The van der Waals surface area contributed by atoms with Gasteiger partial charge < -0.3 is 13.9 Å². The molecule has 0 atom stereocenters. The van der Waals surface area contributed by atoms with E-state index >= 15 is 0 Å². The molecule has 0 radical (unpaired) electrons. The minimum Gasteiger partial charge on any atom is -0.478 e. The highest BCUT2D eigenvalue weighted by atomic mass is 79.9. The Balaban J connectivity index is 1.98. The summed E-state index contributed by atoms with van der Waals surface area (Å²) >= 11 is 3.18. The van der Waals surface area contributed by atoms with Gasteiger partial charge in [0.2, 0.25) is 5.89 Å². The molecule has 0 aliphatic carbocycles. The van der Waals surface area contributed by atoms with Crippen molar-refractivity contribution in [3.8, 4) is 23.1 Å². The molecule has 0 saturated heterocycles. The second-order valence-corrected chi connectivity index (χ2v) is 4.68. The third-order valence-electron chi connectivity index (χ3n) is 2.57. The van der Waals surface area contributed by atoms with E-state index in [0.717, 1.165) is 0 Å². The molecule has 6 nitrogen and oxygen atoms in total. The molecule has 2 heterocycles. The molecular weight excluding hydrogens is 328 g/mol. The first-order valence-electron chi connectivity index (χ1n) is 5.56. The number of aromatic carboxylic acids is 1. The van der Waals surface area contributed by atoms with E-state index < -0.39 is 5.97 Å². The lowest BCUT2D eigenvalue weighted by Gasteiger charge is -1.96. The van der Waals surface area contributed by atoms with Crippen LogP contribution in [0.15, 0.2) is 49.9 Å². The second kappa shape index (κ2) is 4.93. The maximum absolute atomic E-state index is 10.9. The van der Waals surface area contributed by atoms with Gasteiger partial charge in [-0.1, -0.05) is 6.07 Å². The van der Waals surface area contributed by atoms with Gasteiger partial charge in [-0.05, 0) is 46.3 Å². The number of carboxylic acid groups (broad SMARTS) is 1. The molecule has 0 unspecified atom stereocenters. The standard InChI is InChI=1S/C13H7BrN2O4/c14-10-5-4-9(19-10)12-16-15-11(20-12)7-2-1-3-8(6-7)13(17)18/h1-6H,(H,17,18). The van der Waals surface area contributed by atoms with Crippen molar-refractivity contribution in [3.63, 3.8) is 0 Å². The Labute approximate surface area is 121 Å². The molecule has 0 bridgehead atoms. The Morgan fingerprint density at radius 1 is 1.10 bits per heavy atom. The summed E-state index contributed by atoms with van der Waals surface area (Å²) < 4.78 is 11.3. The third kappa shape index (κ3) is 2.35. The number of carboxylic acids is 1.